The molecule has 5 aromatic rings. The highest BCUT2D eigenvalue weighted by Crippen LogP contribution is 2.35. The fourth-order valence-corrected chi connectivity index (χ4v) is 5.16. The molecule has 0 amide bonds. The summed E-state index contributed by atoms with van der Waals surface area (Å²) in [5.74, 6) is 2.55. The molecule has 0 saturated carbocycles. The van der Waals surface area contributed by atoms with Gasteiger partial charge in [0.2, 0.25) is 0 Å². The molecule has 0 aliphatic carbocycles. The minimum Gasteiger partial charge on any atom is -0.488 e. The highest BCUT2D eigenvalue weighted by Gasteiger charge is 2.24. The van der Waals surface area contributed by atoms with Gasteiger partial charge >= 0.3 is 0 Å². The number of benzene rings is 2. The lowest BCUT2D eigenvalue weighted by Crippen LogP contribution is -2.20. The van der Waals surface area contributed by atoms with E-state index >= 15 is 0 Å². The molecular formula is C27H26N6O3S. The molecule has 10 heteroatoms. The Kier molecular flexibility index (Phi) is 6.42. The maximum Gasteiger partial charge on any atom is 0.164 e. The molecule has 0 bridgehead atoms. The molecule has 188 valence electrons. The summed E-state index contributed by atoms with van der Waals surface area (Å²) in [7, 11) is 0. The van der Waals surface area contributed by atoms with Crippen LogP contribution in [-0.4, -0.2) is 37.9 Å². The van der Waals surface area contributed by atoms with Crippen LogP contribution in [0.4, 0.5) is 5.82 Å². The van der Waals surface area contributed by atoms with Crippen LogP contribution in [0.15, 0.2) is 61.1 Å². The summed E-state index contributed by atoms with van der Waals surface area (Å²) in [6, 6.07) is 15.6. The highest BCUT2D eigenvalue weighted by molar-refractivity contribution is 7.11. The van der Waals surface area contributed by atoms with Crippen molar-refractivity contribution in [1.82, 2.24) is 24.7 Å². The minimum absolute atomic E-state index is 0.219. The molecule has 37 heavy (non-hydrogen) atoms. The van der Waals surface area contributed by atoms with Crippen LogP contribution < -0.4 is 15.2 Å². The van der Waals surface area contributed by atoms with E-state index in [9.17, 15) is 0 Å². The van der Waals surface area contributed by atoms with Crippen LogP contribution in [0.2, 0.25) is 0 Å². The molecule has 0 spiro atoms. The first-order valence-corrected chi connectivity index (χ1v) is 12.9. The van der Waals surface area contributed by atoms with Crippen molar-refractivity contribution in [1.29, 1.82) is 0 Å². The predicted octanol–water partition coefficient (Wildman–Crippen LogP) is 5.56. The van der Waals surface area contributed by atoms with E-state index in [0.29, 0.717) is 37.1 Å². The lowest BCUT2D eigenvalue weighted by atomic mass is 10.1. The quantitative estimate of drug-likeness (QED) is 0.300. The van der Waals surface area contributed by atoms with Gasteiger partial charge in [0.15, 0.2) is 5.65 Å². The smallest absolute Gasteiger partial charge is 0.164 e. The van der Waals surface area contributed by atoms with Gasteiger partial charge in [-0.1, -0.05) is 6.07 Å². The third-order valence-electron chi connectivity index (χ3n) is 6.27. The number of thiazole rings is 1. The standard InChI is InChI=1S/C27H26N6O3S/c1-17-29-14-23(37-17)15-35-21-3-2-4-22(13-21)36-20-7-5-18(6-8-20)25-24-26(28)30-16-31-27(24)33(32-25)19-9-11-34-12-10-19/h2-8,13-14,16,19H,9-12,15H2,1H3,(H2,28,30,31). The maximum absolute atomic E-state index is 6.28. The van der Waals surface area contributed by atoms with Crippen LogP contribution in [0.25, 0.3) is 22.3 Å². The van der Waals surface area contributed by atoms with E-state index in [4.69, 9.17) is 25.0 Å². The Morgan fingerprint density at radius 2 is 1.84 bits per heavy atom. The first kappa shape index (κ1) is 23.4. The number of ether oxygens (including phenoxy) is 3. The Labute approximate surface area is 217 Å². The van der Waals surface area contributed by atoms with Crippen molar-refractivity contribution < 1.29 is 14.2 Å². The minimum atomic E-state index is 0.219. The van der Waals surface area contributed by atoms with Gasteiger partial charge in [-0.3, -0.25) is 0 Å². The molecule has 1 aliphatic rings. The second kappa shape index (κ2) is 10.2. The molecule has 1 saturated heterocycles. The lowest BCUT2D eigenvalue weighted by Gasteiger charge is -2.22. The number of nitrogens with zero attached hydrogens (tertiary/aromatic N) is 5. The zero-order chi connectivity index (χ0) is 25.2. The largest absolute Gasteiger partial charge is 0.488 e. The third kappa shape index (κ3) is 4.98. The summed E-state index contributed by atoms with van der Waals surface area (Å²) in [5, 5.41) is 6.73. The van der Waals surface area contributed by atoms with Gasteiger partial charge in [-0.05, 0) is 56.2 Å². The SMILES string of the molecule is Cc1ncc(COc2cccc(Oc3ccc(-c4nn(C5CCOCC5)c5ncnc(N)c45)cc3)c2)s1. The normalized spacial score (nSPS) is 14.2. The van der Waals surface area contributed by atoms with Crippen LogP contribution in [-0.2, 0) is 11.3 Å². The Morgan fingerprint density at radius 3 is 2.62 bits per heavy atom. The molecular weight excluding hydrogens is 488 g/mol. The van der Waals surface area contributed by atoms with Gasteiger partial charge in [-0.2, -0.15) is 5.10 Å². The number of anilines is 1. The highest BCUT2D eigenvalue weighted by atomic mass is 32.1. The van der Waals surface area contributed by atoms with Crippen LogP contribution in [0.3, 0.4) is 0 Å². The Balaban J connectivity index is 1.22. The number of aromatic nitrogens is 5. The monoisotopic (exact) mass is 514 g/mol. The van der Waals surface area contributed by atoms with Crippen LogP contribution in [0.5, 0.6) is 17.2 Å². The first-order valence-electron chi connectivity index (χ1n) is 12.1. The number of hydrogen-bond donors (Lipinski definition) is 1. The second-order valence-corrected chi connectivity index (χ2v) is 10.1. The molecule has 2 aromatic carbocycles. The fraction of sp³-hybridized carbons (Fsp3) is 0.259. The molecule has 1 fully saturated rings. The second-order valence-electron chi connectivity index (χ2n) is 8.83. The number of hydrogen-bond acceptors (Lipinski definition) is 9. The maximum atomic E-state index is 6.28. The Hall–Kier alpha value is -4.02. The van der Waals surface area contributed by atoms with Crippen molar-refractivity contribution in [3.05, 3.63) is 70.9 Å². The molecule has 0 unspecified atom stereocenters. The van der Waals surface area contributed by atoms with E-state index in [2.05, 4.69) is 15.0 Å². The van der Waals surface area contributed by atoms with Gasteiger partial charge in [0.25, 0.3) is 0 Å². The zero-order valence-corrected chi connectivity index (χ0v) is 21.1. The summed E-state index contributed by atoms with van der Waals surface area (Å²) in [5.41, 5.74) is 8.71. The molecule has 9 nitrogen and oxygen atoms in total. The number of nitrogens with two attached hydrogens (primary N) is 1. The number of aryl methyl sites for hydroxylation is 1. The molecule has 3 aromatic heterocycles. The average molecular weight is 515 g/mol. The number of fused-ring (bicyclic) bond motifs is 1. The zero-order valence-electron chi connectivity index (χ0n) is 20.3. The summed E-state index contributed by atoms with van der Waals surface area (Å²) >= 11 is 1.63. The van der Waals surface area contributed by atoms with Crippen LogP contribution in [0.1, 0.15) is 28.8 Å². The van der Waals surface area contributed by atoms with Crippen molar-refractivity contribution in [3.63, 3.8) is 0 Å². The molecule has 1 aliphatic heterocycles. The molecule has 4 heterocycles. The summed E-state index contributed by atoms with van der Waals surface area (Å²) in [4.78, 5) is 14.1. The predicted molar refractivity (Wildman–Crippen MR) is 142 cm³/mol. The average Bonchev–Trinajstić information content (AvgIpc) is 3.53. The van der Waals surface area contributed by atoms with Gasteiger partial charge in [0.05, 0.1) is 21.3 Å². The first-order chi connectivity index (χ1) is 18.1. The van der Waals surface area contributed by atoms with Crippen molar-refractivity contribution >= 4 is 28.2 Å². The van der Waals surface area contributed by atoms with E-state index in [1.165, 1.54) is 6.33 Å². The Bertz CT molecular complexity index is 1530. The molecule has 0 radical (unpaired) electrons. The molecule has 0 atom stereocenters. The summed E-state index contributed by atoms with van der Waals surface area (Å²) in [6.07, 6.45) is 5.11. The van der Waals surface area contributed by atoms with Crippen molar-refractivity contribution in [3.8, 4) is 28.5 Å². The van der Waals surface area contributed by atoms with Crippen molar-refractivity contribution in [2.75, 3.05) is 18.9 Å². The van der Waals surface area contributed by atoms with Gasteiger partial charge in [0, 0.05) is 31.0 Å². The van der Waals surface area contributed by atoms with Gasteiger partial charge in [-0.25, -0.2) is 19.6 Å². The van der Waals surface area contributed by atoms with Crippen molar-refractivity contribution in [2.24, 2.45) is 0 Å². The number of nitrogen functional groups attached to an aromatic ring is 1. The summed E-state index contributed by atoms with van der Waals surface area (Å²) in [6.45, 7) is 3.89. The Morgan fingerprint density at radius 1 is 1.03 bits per heavy atom. The third-order valence-corrected chi connectivity index (χ3v) is 7.16. The molecule has 6 rings (SSSR count). The van der Waals surface area contributed by atoms with Crippen molar-refractivity contribution in [2.45, 2.75) is 32.4 Å². The van der Waals surface area contributed by atoms with E-state index in [1.807, 2.05) is 66.3 Å². The summed E-state index contributed by atoms with van der Waals surface area (Å²) < 4.78 is 19.5. The van der Waals surface area contributed by atoms with Gasteiger partial charge in [-0.15, -0.1) is 11.3 Å². The van der Waals surface area contributed by atoms with Crippen LogP contribution in [0, 0.1) is 6.92 Å². The van der Waals surface area contributed by atoms with E-state index in [0.717, 1.165) is 50.8 Å². The van der Waals surface area contributed by atoms with Crippen LogP contribution >= 0.6 is 11.3 Å². The van der Waals surface area contributed by atoms with E-state index in [-0.39, 0.29) is 6.04 Å². The van der Waals surface area contributed by atoms with Gasteiger partial charge < -0.3 is 19.9 Å². The number of rotatable bonds is 7. The molecule has 2 N–H and O–H groups in total. The lowest BCUT2D eigenvalue weighted by molar-refractivity contribution is 0.0674. The van der Waals surface area contributed by atoms with E-state index < -0.39 is 0 Å². The topological polar surface area (TPSA) is 110 Å². The van der Waals surface area contributed by atoms with Gasteiger partial charge in [0.1, 0.15) is 41.7 Å². The fourth-order valence-electron chi connectivity index (χ4n) is 4.45. The van der Waals surface area contributed by atoms with E-state index in [1.54, 1.807) is 11.3 Å².